The lowest BCUT2D eigenvalue weighted by atomic mass is 10.1. The number of fused-ring (bicyclic) bond motifs is 1. The molecule has 6 nitrogen and oxygen atoms in total. The summed E-state index contributed by atoms with van der Waals surface area (Å²) in [6, 6.07) is 4.30. The number of nitrogens with zero attached hydrogens (tertiary/aromatic N) is 1. The molecule has 0 bridgehead atoms. The number of hydrogen-bond donors (Lipinski definition) is 0. The molecule has 1 amide bonds. The largest absolute Gasteiger partial charge is 0.548 e. The Labute approximate surface area is 154 Å². The molecular weight excluding hydrogens is 362 g/mol. The second-order valence-electron chi connectivity index (χ2n) is 5.64. The van der Waals surface area contributed by atoms with Crippen LogP contribution in [0, 0.1) is 0 Å². The third kappa shape index (κ3) is 3.64. The summed E-state index contributed by atoms with van der Waals surface area (Å²) in [5.41, 5.74) is 0.753. The normalized spacial score (nSPS) is 18.9. The molecule has 8 heteroatoms. The van der Waals surface area contributed by atoms with Crippen LogP contribution in [0.5, 0.6) is 11.5 Å². The van der Waals surface area contributed by atoms with E-state index in [1.54, 1.807) is 24.3 Å². The van der Waals surface area contributed by atoms with E-state index in [-0.39, 0.29) is 11.1 Å². The highest BCUT2D eigenvalue weighted by molar-refractivity contribution is 8.26. The van der Waals surface area contributed by atoms with Gasteiger partial charge in [0, 0.05) is 0 Å². The van der Waals surface area contributed by atoms with Gasteiger partial charge in [-0.05, 0) is 30.2 Å². The number of thiocarbonyl (C=S) groups is 1. The van der Waals surface area contributed by atoms with Gasteiger partial charge < -0.3 is 19.4 Å². The van der Waals surface area contributed by atoms with Gasteiger partial charge in [-0.2, -0.15) is 0 Å². The Balaban J connectivity index is 1.83. The first-order chi connectivity index (χ1) is 12.0. The number of carboxylic acid groups (broad SMARTS) is 1. The van der Waals surface area contributed by atoms with Crippen molar-refractivity contribution < 1.29 is 24.2 Å². The van der Waals surface area contributed by atoms with E-state index in [2.05, 4.69) is 0 Å². The minimum Gasteiger partial charge on any atom is -0.548 e. The van der Waals surface area contributed by atoms with Crippen molar-refractivity contribution in [3.05, 3.63) is 28.7 Å². The van der Waals surface area contributed by atoms with Gasteiger partial charge in [-0.25, -0.2) is 0 Å². The van der Waals surface area contributed by atoms with Crippen LogP contribution in [0.2, 0.25) is 0 Å². The van der Waals surface area contributed by atoms with Crippen LogP contribution in [0.15, 0.2) is 23.1 Å². The molecule has 1 saturated heterocycles. The molecule has 2 aliphatic rings. The lowest BCUT2D eigenvalue weighted by Gasteiger charge is -2.27. The van der Waals surface area contributed by atoms with Crippen molar-refractivity contribution in [2.75, 3.05) is 6.79 Å². The summed E-state index contributed by atoms with van der Waals surface area (Å²) < 4.78 is 10.8. The van der Waals surface area contributed by atoms with E-state index in [4.69, 9.17) is 21.7 Å². The molecule has 0 N–H and O–H groups in total. The van der Waals surface area contributed by atoms with Crippen molar-refractivity contribution in [1.82, 2.24) is 4.90 Å². The van der Waals surface area contributed by atoms with Crippen LogP contribution in [-0.2, 0) is 9.59 Å². The Morgan fingerprint density at radius 2 is 2.20 bits per heavy atom. The average Bonchev–Trinajstić information content (AvgIpc) is 3.14. The number of hydrogen-bond acceptors (Lipinski definition) is 7. The fraction of sp³-hybridized carbons (Fsp3) is 0.353. The molecule has 0 radical (unpaired) electrons. The summed E-state index contributed by atoms with van der Waals surface area (Å²) in [4.78, 5) is 25.7. The maximum absolute atomic E-state index is 12.7. The summed E-state index contributed by atoms with van der Waals surface area (Å²) in [7, 11) is 0. The molecule has 2 heterocycles. The highest BCUT2D eigenvalue weighted by atomic mass is 32.2. The van der Waals surface area contributed by atoms with Crippen LogP contribution in [0.1, 0.15) is 31.7 Å². The van der Waals surface area contributed by atoms with Crippen LogP contribution in [0.25, 0.3) is 6.08 Å². The van der Waals surface area contributed by atoms with E-state index in [1.807, 2.05) is 6.92 Å². The van der Waals surface area contributed by atoms with Crippen molar-refractivity contribution in [2.45, 2.75) is 32.2 Å². The van der Waals surface area contributed by atoms with E-state index >= 15 is 0 Å². The number of unbranched alkanes of at least 4 members (excludes halogenated alkanes) is 1. The van der Waals surface area contributed by atoms with E-state index in [0.717, 1.165) is 28.6 Å². The molecule has 132 valence electrons. The van der Waals surface area contributed by atoms with Crippen molar-refractivity contribution >= 4 is 46.3 Å². The van der Waals surface area contributed by atoms with Gasteiger partial charge >= 0.3 is 0 Å². The number of carbonyl (C=O) groups is 2. The van der Waals surface area contributed by atoms with Crippen molar-refractivity contribution in [1.29, 1.82) is 0 Å². The summed E-state index contributed by atoms with van der Waals surface area (Å²) in [6.45, 7) is 2.13. The molecule has 3 rings (SSSR count). The molecule has 0 spiro atoms. The number of aliphatic carboxylic acids is 1. The standard InChI is InChI=1S/C17H17NO5S2/c1-2-3-4-11(16(20)21)18-15(19)14(25-17(18)24)8-10-5-6-12-13(7-10)23-9-22-12/h5-8,11H,2-4,9H2,1H3,(H,20,21)/p-1/b14-8-/t11-/m1/s1. The van der Waals surface area contributed by atoms with Gasteiger partial charge in [0.1, 0.15) is 4.32 Å². The summed E-state index contributed by atoms with van der Waals surface area (Å²) in [6.07, 6.45) is 3.50. The predicted octanol–water partition coefficient (Wildman–Crippen LogP) is 1.93. The summed E-state index contributed by atoms with van der Waals surface area (Å²) >= 11 is 6.32. The van der Waals surface area contributed by atoms with Crippen LogP contribution in [0.3, 0.4) is 0 Å². The number of ether oxygens (including phenoxy) is 2. The zero-order chi connectivity index (χ0) is 18.0. The minimum absolute atomic E-state index is 0.172. The third-order valence-electron chi connectivity index (χ3n) is 3.93. The number of benzene rings is 1. The van der Waals surface area contributed by atoms with Gasteiger partial charge in [-0.15, -0.1) is 0 Å². The molecule has 1 atom stereocenters. The van der Waals surface area contributed by atoms with E-state index < -0.39 is 17.9 Å². The monoisotopic (exact) mass is 378 g/mol. The van der Waals surface area contributed by atoms with E-state index in [9.17, 15) is 14.7 Å². The van der Waals surface area contributed by atoms with Crippen molar-refractivity contribution in [2.24, 2.45) is 0 Å². The van der Waals surface area contributed by atoms with Crippen molar-refractivity contribution in [3.63, 3.8) is 0 Å². The Morgan fingerprint density at radius 3 is 2.92 bits per heavy atom. The van der Waals surface area contributed by atoms with Gasteiger partial charge in [-0.3, -0.25) is 9.69 Å². The first-order valence-electron chi connectivity index (χ1n) is 7.89. The number of rotatable bonds is 6. The Hall–Kier alpha value is -2.06. The topological polar surface area (TPSA) is 78.9 Å². The van der Waals surface area contributed by atoms with Crippen molar-refractivity contribution in [3.8, 4) is 11.5 Å². The van der Waals surface area contributed by atoms with Gasteiger partial charge in [0.2, 0.25) is 6.79 Å². The second-order valence-corrected chi connectivity index (χ2v) is 7.32. The summed E-state index contributed by atoms with van der Waals surface area (Å²) in [5.74, 6) is -0.423. The molecule has 0 saturated carbocycles. The predicted molar refractivity (Wildman–Crippen MR) is 95.9 cm³/mol. The minimum atomic E-state index is -1.28. The van der Waals surface area contributed by atoms with Crippen LogP contribution < -0.4 is 14.6 Å². The molecule has 1 aromatic carbocycles. The lowest BCUT2D eigenvalue weighted by molar-refractivity contribution is -0.310. The fourth-order valence-corrected chi connectivity index (χ4v) is 4.01. The first kappa shape index (κ1) is 17.8. The summed E-state index contributed by atoms with van der Waals surface area (Å²) in [5, 5.41) is 11.5. The molecule has 2 aliphatic heterocycles. The Kier molecular flexibility index (Phi) is 5.29. The fourth-order valence-electron chi connectivity index (χ4n) is 2.65. The maximum atomic E-state index is 12.7. The molecule has 0 unspecified atom stereocenters. The number of amides is 1. The van der Waals surface area contributed by atoms with Gasteiger partial charge in [0.25, 0.3) is 5.91 Å². The van der Waals surface area contributed by atoms with Crippen LogP contribution >= 0.6 is 24.0 Å². The van der Waals surface area contributed by atoms with E-state index in [0.29, 0.717) is 29.2 Å². The SMILES string of the molecule is CCCC[C@H](C(=O)[O-])N1C(=O)/C(=C/c2ccc3c(c2)OCO3)SC1=S. The molecule has 25 heavy (non-hydrogen) atoms. The number of carboxylic acids is 1. The zero-order valence-electron chi connectivity index (χ0n) is 13.5. The molecule has 0 aliphatic carbocycles. The lowest BCUT2D eigenvalue weighted by Crippen LogP contribution is -2.49. The average molecular weight is 378 g/mol. The van der Waals surface area contributed by atoms with Crippen LogP contribution in [0.4, 0.5) is 0 Å². The first-order valence-corrected chi connectivity index (χ1v) is 9.11. The maximum Gasteiger partial charge on any atom is 0.266 e. The Morgan fingerprint density at radius 1 is 1.44 bits per heavy atom. The molecular formula is C17H16NO5S2-. The van der Waals surface area contributed by atoms with Crippen LogP contribution in [-0.4, -0.2) is 33.9 Å². The third-order valence-corrected chi connectivity index (χ3v) is 5.26. The second kappa shape index (κ2) is 7.45. The number of carbonyl (C=O) groups excluding carboxylic acids is 2. The molecule has 1 aromatic rings. The number of thioether (sulfide) groups is 1. The van der Waals surface area contributed by atoms with E-state index in [1.165, 1.54) is 0 Å². The molecule has 1 fully saturated rings. The van der Waals surface area contributed by atoms with Gasteiger partial charge in [0.05, 0.1) is 16.9 Å². The van der Waals surface area contributed by atoms with Gasteiger partial charge in [0.15, 0.2) is 11.5 Å². The van der Waals surface area contributed by atoms with Gasteiger partial charge in [-0.1, -0.05) is 49.8 Å². The quantitative estimate of drug-likeness (QED) is 0.553. The molecule has 0 aromatic heterocycles. The smallest absolute Gasteiger partial charge is 0.266 e. The Bertz CT molecular complexity index is 761. The highest BCUT2D eigenvalue weighted by Crippen LogP contribution is 2.37. The zero-order valence-corrected chi connectivity index (χ0v) is 15.2. The highest BCUT2D eigenvalue weighted by Gasteiger charge is 2.37.